The molecule has 27 heteroatoms. The monoisotopic (exact) mass is 1150 g/mol. The quantitative estimate of drug-likeness (QED) is 0.0351. The highest BCUT2D eigenvalue weighted by molar-refractivity contribution is 5.99. The number of aliphatic hydroxyl groups excluding tert-OH is 5. The molecule has 8 amide bonds. The third-order valence-electron chi connectivity index (χ3n) is 13.8. The first kappa shape index (κ1) is 70.8. The first-order valence-electron chi connectivity index (χ1n) is 27.8. The van der Waals surface area contributed by atoms with Gasteiger partial charge in [0.05, 0.1) is 43.5 Å². The van der Waals surface area contributed by atoms with Crippen molar-refractivity contribution in [1.82, 2.24) is 42.5 Å². The van der Waals surface area contributed by atoms with E-state index < -0.39 is 176 Å². The number of ketones is 3. The van der Waals surface area contributed by atoms with Crippen LogP contribution in [0.3, 0.4) is 0 Å². The summed E-state index contributed by atoms with van der Waals surface area (Å²) in [6, 6.07) is -3.26. The van der Waals surface area contributed by atoms with Crippen LogP contribution in [-0.4, -0.2) is 190 Å². The summed E-state index contributed by atoms with van der Waals surface area (Å²) in [5.74, 6) is -13.9. The van der Waals surface area contributed by atoms with Gasteiger partial charge in [-0.1, -0.05) is 62.9 Å². The van der Waals surface area contributed by atoms with E-state index in [-0.39, 0.29) is 63.9 Å². The topological polar surface area (TPSA) is 463 Å². The van der Waals surface area contributed by atoms with Crippen LogP contribution in [0.2, 0.25) is 0 Å². The molecule has 0 aromatic heterocycles. The molecule has 456 valence electrons. The Morgan fingerprint density at radius 2 is 1.23 bits per heavy atom. The summed E-state index contributed by atoms with van der Waals surface area (Å²) in [4.78, 5) is 152. The largest absolute Gasteiger partial charge is 0.396 e. The number of hydrogen-bond acceptors (Lipinski definition) is 19. The van der Waals surface area contributed by atoms with Crippen molar-refractivity contribution in [3.8, 4) is 0 Å². The number of amides is 8. The summed E-state index contributed by atoms with van der Waals surface area (Å²) >= 11 is 0. The Bertz CT molecular complexity index is 2220. The molecule has 0 radical (unpaired) electrons. The van der Waals surface area contributed by atoms with Crippen LogP contribution in [-0.2, 0) is 59.2 Å². The number of unbranched alkanes of at least 4 members (excludes halogenated alkanes) is 4. The van der Waals surface area contributed by atoms with Crippen molar-refractivity contribution in [2.24, 2.45) is 35.0 Å². The lowest BCUT2D eigenvalue weighted by atomic mass is 9.90. The van der Waals surface area contributed by atoms with Crippen LogP contribution in [0.1, 0.15) is 117 Å². The summed E-state index contributed by atoms with van der Waals surface area (Å²) in [6.45, 7) is 2.60. The number of aliphatic hydroxyl groups is 5. The minimum absolute atomic E-state index is 0.0279. The number of benzene rings is 1. The van der Waals surface area contributed by atoms with Crippen LogP contribution in [0, 0.1) is 17.8 Å². The smallest absolute Gasteiger partial charge is 0.245 e. The maximum absolute atomic E-state index is 14.4. The summed E-state index contributed by atoms with van der Waals surface area (Å²) in [5, 5.41) is 72.0. The van der Waals surface area contributed by atoms with Gasteiger partial charge in [-0.05, 0) is 84.5 Å². The van der Waals surface area contributed by atoms with Crippen molar-refractivity contribution < 1.29 is 78.3 Å². The lowest BCUT2D eigenvalue weighted by Gasteiger charge is -2.28. The van der Waals surface area contributed by atoms with Gasteiger partial charge in [-0.25, -0.2) is 0 Å². The van der Waals surface area contributed by atoms with E-state index in [0.717, 1.165) is 32.6 Å². The van der Waals surface area contributed by atoms with Crippen molar-refractivity contribution in [1.29, 1.82) is 0 Å². The van der Waals surface area contributed by atoms with E-state index >= 15 is 0 Å². The molecule has 1 aliphatic heterocycles. The fourth-order valence-electron chi connectivity index (χ4n) is 8.98. The zero-order valence-electron chi connectivity index (χ0n) is 47.0. The van der Waals surface area contributed by atoms with Crippen LogP contribution in [0.5, 0.6) is 0 Å². The fourth-order valence-corrected chi connectivity index (χ4v) is 8.98. The van der Waals surface area contributed by atoms with Gasteiger partial charge >= 0.3 is 0 Å². The number of carbonyl (C=O) groups is 11. The highest BCUT2D eigenvalue weighted by atomic mass is 16.3. The SMILES string of the molecule is CCCCCCCC(=O)C[C@@H](CCN)C(=O)N[C@H](C(=O)C[C@H](CO)C(=O)N[C@H]1CCNC(=O)[C@H]([C@@H](C)O)NC(=O)[C@H](CO)NC(=O)[C@H](CCN)NC(=O)[C@H]([C@@H](C)O)NC(=O)[C@@H](Cc2ccccc2)CC(=O)[C@H](CCN)NC1=O)[C@@H](C)O. The standard InChI is InChI=1S/C54H89N11O16/c1-5-6-7-8-12-15-37(71)25-34(16-20-55)47(74)63-44(30(2)68)43(73)27-36(28-66)49(76)60-40-19-23-58-53(80)45(31(3)69)65-52(79)41(29-67)62-50(77)39(18-22-57)61-54(81)46(32(4)70)64-48(75)35(24-33-13-10-9-11-14-33)26-42(72)38(17-21-56)59-51(40)78/h9-11,13-14,30-32,34-36,38-41,44-46,66-70H,5-8,12,15-29,55-57H2,1-4H3,(H,58,80)(H,59,78)(H,60,76)(H,61,81)(H,62,77)(H,63,74)(H,64,75)(H,65,79)/t30-,31-,32-,34-,35+,36-,38+,39+,40+,41+,44+,45+,46+/m1/s1. The zero-order chi connectivity index (χ0) is 60.8. The normalized spacial score (nSPS) is 23.6. The molecule has 0 unspecified atom stereocenters. The highest BCUT2D eigenvalue weighted by Gasteiger charge is 2.38. The van der Waals surface area contributed by atoms with E-state index in [4.69, 9.17) is 17.2 Å². The molecule has 2 rings (SSSR count). The predicted molar refractivity (Wildman–Crippen MR) is 294 cm³/mol. The van der Waals surface area contributed by atoms with Crippen molar-refractivity contribution in [2.45, 2.75) is 178 Å². The molecular weight excluding hydrogens is 1060 g/mol. The Balaban J connectivity index is 2.62. The van der Waals surface area contributed by atoms with Gasteiger partial charge in [-0.3, -0.25) is 52.7 Å². The second-order valence-electron chi connectivity index (χ2n) is 20.6. The Hall–Kier alpha value is -6.33. The molecule has 1 aliphatic rings. The van der Waals surface area contributed by atoms with Gasteiger partial charge in [0, 0.05) is 44.1 Å². The number of carbonyl (C=O) groups excluding carboxylic acids is 11. The highest BCUT2D eigenvalue weighted by Crippen LogP contribution is 2.19. The Morgan fingerprint density at radius 1 is 0.654 bits per heavy atom. The molecule has 1 saturated heterocycles. The second-order valence-corrected chi connectivity index (χ2v) is 20.6. The van der Waals surface area contributed by atoms with Gasteiger partial charge in [-0.15, -0.1) is 0 Å². The van der Waals surface area contributed by atoms with Gasteiger partial charge in [0.2, 0.25) is 47.3 Å². The van der Waals surface area contributed by atoms with Crippen LogP contribution in [0.4, 0.5) is 0 Å². The minimum Gasteiger partial charge on any atom is -0.396 e. The van der Waals surface area contributed by atoms with Gasteiger partial charge in [-0.2, -0.15) is 0 Å². The average Bonchev–Trinajstić information content (AvgIpc) is 3.43. The zero-order valence-corrected chi connectivity index (χ0v) is 47.0. The summed E-state index contributed by atoms with van der Waals surface area (Å²) in [7, 11) is 0. The molecule has 13 atom stereocenters. The summed E-state index contributed by atoms with van der Waals surface area (Å²) in [5.41, 5.74) is 18.0. The molecule has 1 aromatic carbocycles. The number of nitrogens with one attached hydrogen (secondary N) is 8. The van der Waals surface area contributed by atoms with Gasteiger partial charge in [0.1, 0.15) is 42.0 Å². The van der Waals surface area contributed by atoms with Gasteiger partial charge < -0.3 is 85.3 Å². The lowest BCUT2D eigenvalue weighted by Crippen LogP contribution is -2.61. The summed E-state index contributed by atoms with van der Waals surface area (Å²) in [6.07, 6.45) is -2.65. The Labute approximate surface area is 472 Å². The van der Waals surface area contributed by atoms with Crippen molar-refractivity contribution in [3.63, 3.8) is 0 Å². The molecular formula is C54H89N11O16. The van der Waals surface area contributed by atoms with Crippen LogP contribution < -0.4 is 59.7 Å². The van der Waals surface area contributed by atoms with Crippen LogP contribution >= 0.6 is 0 Å². The number of rotatable bonds is 28. The molecule has 1 fully saturated rings. The maximum Gasteiger partial charge on any atom is 0.245 e. The van der Waals surface area contributed by atoms with Gasteiger partial charge in [0.25, 0.3) is 0 Å². The Morgan fingerprint density at radius 3 is 1.81 bits per heavy atom. The molecule has 19 N–H and O–H groups in total. The molecule has 27 nitrogen and oxygen atoms in total. The minimum atomic E-state index is -1.80. The fraction of sp³-hybridized carbons (Fsp3) is 0.685. The first-order valence-corrected chi connectivity index (χ1v) is 27.8. The van der Waals surface area contributed by atoms with Crippen molar-refractivity contribution in [2.75, 3.05) is 39.4 Å². The number of Topliss-reactive ketones (excluding diaryl/α,β-unsaturated/α-hetero) is 3. The van der Waals surface area contributed by atoms with E-state index in [9.17, 15) is 78.3 Å². The van der Waals surface area contributed by atoms with Crippen LogP contribution in [0.25, 0.3) is 0 Å². The van der Waals surface area contributed by atoms with E-state index in [1.807, 2.05) is 0 Å². The van der Waals surface area contributed by atoms with Crippen molar-refractivity contribution in [3.05, 3.63) is 35.9 Å². The number of nitrogens with two attached hydrogens (primary N) is 3. The molecule has 0 saturated carbocycles. The molecule has 81 heavy (non-hydrogen) atoms. The molecule has 1 heterocycles. The van der Waals surface area contributed by atoms with E-state index in [1.54, 1.807) is 30.3 Å². The van der Waals surface area contributed by atoms with Crippen molar-refractivity contribution >= 4 is 64.6 Å². The third kappa shape index (κ3) is 24.7. The molecule has 0 spiro atoms. The average molecular weight is 1150 g/mol. The lowest BCUT2D eigenvalue weighted by molar-refractivity contribution is -0.138. The van der Waals surface area contributed by atoms with E-state index in [0.29, 0.717) is 12.0 Å². The Kier molecular flexibility index (Phi) is 32.9. The van der Waals surface area contributed by atoms with Crippen LogP contribution in [0.15, 0.2) is 30.3 Å². The number of hydrogen-bond donors (Lipinski definition) is 16. The molecule has 0 aliphatic carbocycles. The summed E-state index contributed by atoms with van der Waals surface area (Å²) < 4.78 is 0. The van der Waals surface area contributed by atoms with Gasteiger partial charge in [0.15, 0.2) is 11.6 Å². The predicted octanol–water partition coefficient (Wildman–Crippen LogP) is -4.60. The molecule has 0 bridgehead atoms. The first-order chi connectivity index (χ1) is 38.5. The maximum atomic E-state index is 14.4. The van der Waals surface area contributed by atoms with E-state index in [2.05, 4.69) is 49.5 Å². The van der Waals surface area contributed by atoms with E-state index in [1.165, 1.54) is 13.8 Å². The molecule has 1 aromatic rings. The third-order valence-corrected chi connectivity index (χ3v) is 13.8. The second kappa shape index (κ2) is 37.6.